The number of rotatable bonds is 6. The van der Waals surface area contributed by atoms with Crippen LogP contribution in [0, 0.1) is 5.92 Å². The number of anilines is 1. The second kappa shape index (κ2) is 13.1. The van der Waals surface area contributed by atoms with E-state index in [0.717, 1.165) is 5.82 Å². The van der Waals surface area contributed by atoms with Gasteiger partial charge in [-0.2, -0.15) is 0 Å². The van der Waals surface area contributed by atoms with Crippen molar-refractivity contribution in [1.29, 1.82) is 0 Å². The van der Waals surface area contributed by atoms with Crippen LogP contribution in [0.3, 0.4) is 0 Å². The van der Waals surface area contributed by atoms with Crippen molar-refractivity contribution in [2.24, 2.45) is 5.92 Å². The number of aliphatic hydroxyl groups is 3. The lowest BCUT2D eigenvalue weighted by Gasteiger charge is -2.22. The number of nitrogens with one attached hydrogen (secondary N) is 1. The second-order valence-electron chi connectivity index (χ2n) is 8.79. The molecule has 1 aliphatic heterocycles. The Balaban J connectivity index is 1.76. The lowest BCUT2D eigenvalue weighted by molar-refractivity contribution is -0.0395. The van der Waals surface area contributed by atoms with E-state index in [1.807, 2.05) is 18.2 Å². The molecule has 0 radical (unpaired) electrons. The molecule has 9 heteroatoms. The summed E-state index contributed by atoms with van der Waals surface area (Å²) in [6.45, 7) is 4.47. The molecular formula is C27H34N2O7. The van der Waals surface area contributed by atoms with Crippen LogP contribution in [0.4, 0.5) is 5.82 Å². The van der Waals surface area contributed by atoms with Gasteiger partial charge >= 0.3 is 5.97 Å². The third-order valence-corrected chi connectivity index (χ3v) is 5.95. The SMILES string of the molecule is CC1OC(=O)c2c(O)cc(OCCCNc3ccccn3)cc2C=CC[C@H](O)[C@H](O)C(O)C=C[C@H]1C. The number of carbonyl (C=O) groups is 1. The average molecular weight is 499 g/mol. The highest BCUT2D eigenvalue weighted by Gasteiger charge is 2.25. The molecule has 9 nitrogen and oxygen atoms in total. The molecule has 0 spiro atoms. The van der Waals surface area contributed by atoms with Gasteiger partial charge in [0.15, 0.2) is 0 Å². The number of hydrogen-bond donors (Lipinski definition) is 5. The van der Waals surface area contributed by atoms with Crippen molar-refractivity contribution in [3.63, 3.8) is 0 Å². The fraction of sp³-hybridized carbons (Fsp3) is 0.407. The summed E-state index contributed by atoms with van der Waals surface area (Å²) in [5, 5.41) is 44.5. The van der Waals surface area contributed by atoms with Gasteiger partial charge in [-0.15, -0.1) is 0 Å². The summed E-state index contributed by atoms with van der Waals surface area (Å²) >= 11 is 0. The van der Waals surface area contributed by atoms with E-state index in [1.54, 1.807) is 44.3 Å². The Labute approximate surface area is 210 Å². The minimum Gasteiger partial charge on any atom is -0.507 e. The van der Waals surface area contributed by atoms with Crippen LogP contribution in [0.2, 0.25) is 0 Å². The highest BCUT2D eigenvalue weighted by molar-refractivity contribution is 5.97. The number of cyclic esters (lactones) is 1. The molecule has 3 rings (SSSR count). The average Bonchev–Trinajstić information content (AvgIpc) is 2.86. The number of esters is 1. The summed E-state index contributed by atoms with van der Waals surface area (Å²) < 4.78 is 11.3. The van der Waals surface area contributed by atoms with E-state index in [9.17, 15) is 25.2 Å². The molecule has 1 aromatic carbocycles. The maximum absolute atomic E-state index is 12.9. The first-order valence-corrected chi connectivity index (χ1v) is 12.0. The molecule has 2 unspecified atom stereocenters. The van der Waals surface area contributed by atoms with Gasteiger partial charge in [0.2, 0.25) is 0 Å². The summed E-state index contributed by atoms with van der Waals surface area (Å²) in [6, 6.07) is 8.57. The number of aromatic hydroxyl groups is 1. The molecule has 0 amide bonds. The molecule has 2 aromatic rings. The predicted octanol–water partition coefficient (Wildman–Crippen LogP) is 2.91. The van der Waals surface area contributed by atoms with Gasteiger partial charge in [-0.05, 0) is 43.5 Å². The number of ether oxygens (including phenoxy) is 2. The molecule has 0 fully saturated rings. The molecular weight excluding hydrogens is 464 g/mol. The molecule has 1 aromatic heterocycles. The minimum absolute atomic E-state index is 0.0115. The van der Waals surface area contributed by atoms with Gasteiger partial charge in [-0.3, -0.25) is 0 Å². The van der Waals surface area contributed by atoms with Crippen molar-refractivity contribution >= 4 is 17.9 Å². The normalized spacial score (nSPS) is 24.9. The van der Waals surface area contributed by atoms with Crippen LogP contribution < -0.4 is 10.1 Å². The fourth-order valence-corrected chi connectivity index (χ4v) is 3.60. The van der Waals surface area contributed by atoms with Crippen LogP contribution in [-0.2, 0) is 4.74 Å². The molecule has 0 saturated carbocycles. The number of pyridine rings is 1. The van der Waals surface area contributed by atoms with E-state index in [1.165, 1.54) is 12.1 Å². The van der Waals surface area contributed by atoms with E-state index < -0.39 is 30.4 Å². The van der Waals surface area contributed by atoms with Crippen LogP contribution in [0.5, 0.6) is 11.5 Å². The third kappa shape index (κ3) is 7.55. The van der Waals surface area contributed by atoms with Crippen LogP contribution >= 0.6 is 0 Å². The Morgan fingerprint density at radius 1 is 1.17 bits per heavy atom. The molecule has 0 saturated heterocycles. The number of phenols is 1. The molecule has 2 heterocycles. The van der Waals surface area contributed by atoms with E-state index in [0.29, 0.717) is 30.9 Å². The molecule has 5 N–H and O–H groups in total. The minimum atomic E-state index is -1.39. The van der Waals surface area contributed by atoms with Crippen molar-refractivity contribution in [3.8, 4) is 11.5 Å². The lowest BCUT2D eigenvalue weighted by Crippen LogP contribution is -2.36. The number of aromatic nitrogens is 1. The summed E-state index contributed by atoms with van der Waals surface area (Å²) in [6.07, 6.45) is 3.99. The van der Waals surface area contributed by atoms with Gasteiger partial charge in [-0.1, -0.05) is 37.3 Å². The fourth-order valence-electron chi connectivity index (χ4n) is 3.60. The third-order valence-electron chi connectivity index (χ3n) is 5.95. The van der Waals surface area contributed by atoms with E-state index in [2.05, 4.69) is 10.3 Å². The summed E-state index contributed by atoms with van der Waals surface area (Å²) in [5.41, 5.74) is 0.321. The number of fused-ring (bicyclic) bond motifs is 1. The van der Waals surface area contributed by atoms with E-state index in [-0.39, 0.29) is 23.7 Å². The maximum Gasteiger partial charge on any atom is 0.342 e. The van der Waals surface area contributed by atoms with E-state index >= 15 is 0 Å². The lowest BCUT2D eigenvalue weighted by atomic mass is 9.99. The van der Waals surface area contributed by atoms with Crippen LogP contribution in [0.1, 0.15) is 42.6 Å². The zero-order chi connectivity index (χ0) is 26.1. The van der Waals surface area contributed by atoms with Crippen molar-refractivity contribution < 1.29 is 34.7 Å². The van der Waals surface area contributed by atoms with Crippen molar-refractivity contribution in [1.82, 2.24) is 4.98 Å². The Kier molecular flexibility index (Phi) is 9.86. The van der Waals surface area contributed by atoms with Crippen molar-refractivity contribution in [3.05, 3.63) is 65.9 Å². The predicted molar refractivity (Wildman–Crippen MR) is 136 cm³/mol. The highest BCUT2D eigenvalue weighted by atomic mass is 16.5. The first-order valence-electron chi connectivity index (χ1n) is 12.0. The van der Waals surface area contributed by atoms with Crippen LogP contribution in [0.15, 0.2) is 54.8 Å². The number of benzene rings is 1. The number of aliphatic hydroxyl groups excluding tert-OH is 3. The summed E-state index contributed by atoms with van der Waals surface area (Å²) in [4.78, 5) is 17.1. The molecule has 5 atom stereocenters. The second-order valence-corrected chi connectivity index (χ2v) is 8.79. The molecule has 194 valence electrons. The Hall–Kier alpha value is -3.40. The first kappa shape index (κ1) is 27.2. The zero-order valence-corrected chi connectivity index (χ0v) is 20.4. The number of phenolic OH excluding ortho intramolecular Hbond substituents is 1. The van der Waals surface area contributed by atoms with Gasteiger partial charge in [0.25, 0.3) is 0 Å². The summed E-state index contributed by atoms with van der Waals surface area (Å²) in [7, 11) is 0. The van der Waals surface area contributed by atoms with Gasteiger partial charge in [0.1, 0.15) is 41.2 Å². The summed E-state index contributed by atoms with van der Waals surface area (Å²) in [5.74, 6) is -0.155. The van der Waals surface area contributed by atoms with Crippen molar-refractivity contribution in [2.75, 3.05) is 18.5 Å². The highest BCUT2D eigenvalue weighted by Crippen LogP contribution is 2.31. The monoisotopic (exact) mass is 498 g/mol. The van der Waals surface area contributed by atoms with Gasteiger partial charge in [0, 0.05) is 24.7 Å². The smallest absolute Gasteiger partial charge is 0.342 e. The Bertz CT molecular complexity index is 1060. The molecule has 1 aliphatic rings. The van der Waals surface area contributed by atoms with Crippen molar-refractivity contribution in [2.45, 2.75) is 51.1 Å². The topological polar surface area (TPSA) is 141 Å². The van der Waals surface area contributed by atoms with Crippen LogP contribution in [0.25, 0.3) is 6.08 Å². The van der Waals surface area contributed by atoms with Gasteiger partial charge < -0.3 is 35.2 Å². The standard InChI is InChI=1S/C27H34N2O7/c1-17-10-11-22(31)26(33)21(30)8-5-7-19-15-20(16-23(32)25(19)27(34)36-18(17)2)35-14-6-13-29-24-9-3-4-12-28-24/h3-5,7,9-12,15-18,21-22,26,30-33H,6,8,13-14H2,1-2H3,(H,28,29)/t17-,18?,21+,22?,26+/m1/s1. The number of hydrogen-bond acceptors (Lipinski definition) is 9. The Morgan fingerprint density at radius 2 is 1.97 bits per heavy atom. The largest absolute Gasteiger partial charge is 0.507 e. The quantitative estimate of drug-likeness (QED) is 0.231. The van der Waals surface area contributed by atoms with E-state index in [4.69, 9.17) is 9.47 Å². The van der Waals surface area contributed by atoms with Crippen LogP contribution in [-0.4, -0.2) is 68.9 Å². The number of carbonyl (C=O) groups excluding carboxylic acids is 1. The first-order chi connectivity index (χ1) is 17.3. The van der Waals surface area contributed by atoms with Gasteiger partial charge in [0.05, 0.1) is 12.7 Å². The molecule has 0 aliphatic carbocycles. The molecule has 36 heavy (non-hydrogen) atoms. The number of nitrogens with zero attached hydrogens (tertiary/aromatic N) is 1. The zero-order valence-electron chi connectivity index (χ0n) is 20.4. The van der Waals surface area contributed by atoms with Gasteiger partial charge in [-0.25, -0.2) is 9.78 Å². The maximum atomic E-state index is 12.9. The molecule has 0 bridgehead atoms. The Morgan fingerprint density at radius 3 is 2.72 bits per heavy atom.